The molecule has 0 unspecified atom stereocenters. The van der Waals surface area contributed by atoms with E-state index in [0.29, 0.717) is 0 Å². The molecule has 0 aromatic heterocycles. The number of rotatable bonds is 5. The van der Waals surface area contributed by atoms with Gasteiger partial charge in [-0.3, -0.25) is 4.79 Å². The number of ether oxygens (including phenoxy) is 1. The SMILES string of the molecule is COC(=O)[C@@H](C[C@@H](C)C#N)NC(=O)c1ccccc1F. The van der Waals surface area contributed by atoms with Gasteiger partial charge >= 0.3 is 5.97 Å². The highest BCUT2D eigenvalue weighted by atomic mass is 19.1. The summed E-state index contributed by atoms with van der Waals surface area (Å²) in [6.07, 6.45) is 0.101. The molecule has 0 aliphatic heterocycles. The van der Waals surface area contributed by atoms with Crippen LogP contribution in [-0.2, 0) is 9.53 Å². The number of methoxy groups -OCH3 is 1. The summed E-state index contributed by atoms with van der Waals surface area (Å²) in [4.78, 5) is 23.5. The third kappa shape index (κ3) is 4.05. The van der Waals surface area contributed by atoms with Crippen LogP contribution in [0.25, 0.3) is 0 Å². The van der Waals surface area contributed by atoms with Gasteiger partial charge in [0.2, 0.25) is 0 Å². The average molecular weight is 278 g/mol. The second-order valence-corrected chi connectivity index (χ2v) is 4.29. The Morgan fingerprint density at radius 3 is 2.65 bits per heavy atom. The summed E-state index contributed by atoms with van der Waals surface area (Å²) in [6.45, 7) is 1.62. The number of amides is 1. The predicted octanol–water partition coefficient (Wildman–Crippen LogP) is 1.65. The number of hydrogen-bond acceptors (Lipinski definition) is 4. The summed E-state index contributed by atoms with van der Waals surface area (Å²) < 4.78 is 18.0. The van der Waals surface area contributed by atoms with Crippen LogP contribution in [0.5, 0.6) is 0 Å². The minimum Gasteiger partial charge on any atom is -0.467 e. The smallest absolute Gasteiger partial charge is 0.328 e. The molecule has 2 atom stereocenters. The monoisotopic (exact) mass is 278 g/mol. The molecule has 0 fully saturated rings. The highest BCUT2D eigenvalue weighted by Gasteiger charge is 2.25. The van der Waals surface area contributed by atoms with Crippen molar-refractivity contribution in [3.63, 3.8) is 0 Å². The Labute approximate surface area is 116 Å². The molecule has 20 heavy (non-hydrogen) atoms. The van der Waals surface area contributed by atoms with Gasteiger partial charge in [0.15, 0.2) is 0 Å². The van der Waals surface area contributed by atoms with Crippen LogP contribution >= 0.6 is 0 Å². The number of hydrogen-bond donors (Lipinski definition) is 1. The van der Waals surface area contributed by atoms with Crippen molar-refractivity contribution in [3.05, 3.63) is 35.6 Å². The van der Waals surface area contributed by atoms with E-state index < -0.39 is 29.7 Å². The Bertz CT molecular complexity index is 539. The van der Waals surface area contributed by atoms with Gasteiger partial charge in [0, 0.05) is 5.92 Å². The largest absolute Gasteiger partial charge is 0.467 e. The zero-order valence-corrected chi connectivity index (χ0v) is 11.2. The zero-order chi connectivity index (χ0) is 15.1. The Kier molecular flexibility index (Phi) is 5.66. The van der Waals surface area contributed by atoms with E-state index in [1.807, 2.05) is 6.07 Å². The summed E-state index contributed by atoms with van der Waals surface area (Å²) in [7, 11) is 1.18. The van der Waals surface area contributed by atoms with Crippen LogP contribution in [0.4, 0.5) is 4.39 Å². The van der Waals surface area contributed by atoms with Gasteiger partial charge < -0.3 is 10.1 Å². The third-order valence-corrected chi connectivity index (χ3v) is 2.72. The summed E-state index contributed by atoms with van der Waals surface area (Å²) in [5.74, 6) is -2.51. The van der Waals surface area contributed by atoms with E-state index in [-0.39, 0.29) is 12.0 Å². The highest BCUT2D eigenvalue weighted by Crippen LogP contribution is 2.10. The molecule has 0 heterocycles. The lowest BCUT2D eigenvalue weighted by atomic mass is 10.0. The van der Waals surface area contributed by atoms with Gasteiger partial charge in [0.25, 0.3) is 5.91 Å². The van der Waals surface area contributed by atoms with Crippen LogP contribution < -0.4 is 5.32 Å². The number of halogens is 1. The van der Waals surface area contributed by atoms with E-state index in [0.717, 1.165) is 6.07 Å². The fourth-order valence-corrected chi connectivity index (χ4v) is 1.64. The van der Waals surface area contributed by atoms with Crippen LogP contribution in [0, 0.1) is 23.1 Å². The first-order chi connectivity index (χ1) is 9.49. The van der Waals surface area contributed by atoms with E-state index >= 15 is 0 Å². The van der Waals surface area contributed by atoms with Crippen molar-refractivity contribution < 1.29 is 18.7 Å². The van der Waals surface area contributed by atoms with Crippen molar-refractivity contribution in [2.45, 2.75) is 19.4 Å². The number of nitriles is 1. The van der Waals surface area contributed by atoms with Crippen LogP contribution in [-0.4, -0.2) is 25.0 Å². The molecule has 0 spiro atoms. The molecule has 0 aliphatic carbocycles. The fourth-order valence-electron chi connectivity index (χ4n) is 1.64. The van der Waals surface area contributed by atoms with Crippen LogP contribution in [0.1, 0.15) is 23.7 Å². The van der Waals surface area contributed by atoms with Gasteiger partial charge in [-0.25, -0.2) is 9.18 Å². The number of carbonyl (C=O) groups is 2. The quantitative estimate of drug-likeness (QED) is 0.830. The maximum absolute atomic E-state index is 13.5. The molecule has 0 aliphatic rings. The van der Waals surface area contributed by atoms with E-state index in [1.165, 1.54) is 25.3 Å². The molecule has 0 radical (unpaired) electrons. The third-order valence-electron chi connectivity index (χ3n) is 2.72. The molecule has 1 aromatic rings. The second-order valence-electron chi connectivity index (χ2n) is 4.29. The molecule has 1 aromatic carbocycles. The molecule has 1 N–H and O–H groups in total. The van der Waals surface area contributed by atoms with E-state index in [1.54, 1.807) is 6.92 Å². The Balaban J connectivity index is 2.85. The zero-order valence-electron chi connectivity index (χ0n) is 11.2. The lowest BCUT2D eigenvalue weighted by Crippen LogP contribution is -2.42. The normalized spacial score (nSPS) is 12.9. The summed E-state index contributed by atoms with van der Waals surface area (Å²) in [6, 6.07) is 6.42. The van der Waals surface area contributed by atoms with Gasteiger partial charge in [-0.05, 0) is 25.5 Å². The van der Waals surface area contributed by atoms with Crippen molar-refractivity contribution in [1.29, 1.82) is 5.26 Å². The van der Waals surface area contributed by atoms with Crippen molar-refractivity contribution in [2.24, 2.45) is 5.92 Å². The Morgan fingerprint density at radius 2 is 2.10 bits per heavy atom. The summed E-state index contributed by atoms with van der Waals surface area (Å²) in [5.41, 5.74) is -0.161. The number of nitrogens with one attached hydrogen (secondary N) is 1. The highest BCUT2D eigenvalue weighted by molar-refractivity contribution is 5.96. The molecule has 1 rings (SSSR count). The van der Waals surface area contributed by atoms with Gasteiger partial charge in [-0.2, -0.15) is 5.26 Å². The molecule has 1 amide bonds. The number of carbonyl (C=O) groups excluding carboxylic acids is 2. The van der Waals surface area contributed by atoms with Crippen LogP contribution in [0.15, 0.2) is 24.3 Å². The maximum atomic E-state index is 13.5. The topological polar surface area (TPSA) is 79.2 Å². The summed E-state index contributed by atoms with van der Waals surface area (Å²) >= 11 is 0. The minimum atomic E-state index is -0.984. The van der Waals surface area contributed by atoms with Gasteiger partial charge in [0.1, 0.15) is 11.9 Å². The first kappa shape index (κ1) is 15.6. The van der Waals surface area contributed by atoms with Crippen LogP contribution in [0.3, 0.4) is 0 Å². The van der Waals surface area contributed by atoms with E-state index in [2.05, 4.69) is 10.1 Å². The number of benzene rings is 1. The average Bonchev–Trinajstić information content (AvgIpc) is 2.45. The van der Waals surface area contributed by atoms with Gasteiger partial charge in [-0.1, -0.05) is 12.1 Å². The lowest BCUT2D eigenvalue weighted by Gasteiger charge is -2.17. The molecule has 6 heteroatoms. The molecular weight excluding hydrogens is 263 g/mol. The second kappa shape index (κ2) is 7.24. The standard InChI is InChI=1S/C14H15FN2O3/c1-9(8-16)7-12(14(19)20-2)17-13(18)10-5-3-4-6-11(10)15/h3-6,9,12H,7H2,1-2H3,(H,17,18)/t9-,12-/m1/s1. The molecule has 0 bridgehead atoms. The van der Waals surface area contributed by atoms with E-state index in [4.69, 9.17) is 5.26 Å². The van der Waals surface area contributed by atoms with Gasteiger partial charge in [0.05, 0.1) is 18.7 Å². The van der Waals surface area contributed by atoms with Crippen molar-refractivity contribution >= 4 is 11.9 Å². The Hall–Kier alpha value is -2.42. The number of esters is 1. The lowest BCUT2D eigenvalue weighted by molar-refractivity contribution is -0.143. The first-order valence-electron chi connectivity index (χ1n) is 6.02. The molecule has 106 valence electrons. The van der Waals surface area contributed by atoms with Crippen LogP contribution in [0.2, 0.25) is 0 Å². The molecular formula is C14H15FN2O3. The summed E-state index contributed by atoms with van der Waals surface area (Å²) in [5, 5.41) is 11.1. The predicted molar refractivity (Wildman–Crippen MR) is 69.1 cm³/mol. The molecule has 5 nitrogen and oxygen atoms in total. The van der Waals surface area contributed by atoms with E-state index in [9.17, 15) is 14.0 Å². The minimum absolute atomic E-state index is 0.101. The molecule has 0 saturated carbocycles. The maximum Gasteiger partial charge on any atom is 0.328 e. The van der Waals surface area contributed by atoms with Crippen molar-refractivity contribution in [3.8, 4) is 6.07 Å². The van der Waals surface area contributed by atoms with Crippen molar-refractivity contribution in [2.75, 3.05) is 7.11 Å². The first-order valence-corrected chi connectivity index (χ1v) is 6.02. The molecule has 0 saturated heterocycles. The van der Waals surface area contributed by atoms with Gasteiger partial charge in [-0.15, -0.1) is 0 Å². The Morgan fingerprint density at radius 1 is 1.45 bits per heavy atom. The fraction of sp³-hybridized carbons (Fsp3) is 0.357. The van der Waals surface area contributed by atoms with Crippen molar-refractivity contribution in [1.82, 2.24) is 5.32 Å². The number of nitrogens with zero attached hydrogens (tertiary/aromatic N) is 1.